The van der Waals surface area contributed by atoms with Gasteiger partial charge in [0.2, 0.25) is 5.78 Å². The van der Waals surface area contributed by atoms with Gasteiger partial charge in [-0.3, -0.25) is 4.79 Å². The lowest BCUT2D eigenvalue weighted by Gasteiger charge is -2.11. The smallest absolute Gasteiger partial charge is 0.202 e. The van der Waals surface area contributed by atoms with E-state index in [1.165, 1.54) is 11.8 Å². The van der Waals surface area contributed by atoms with Crippen molar-refractivity contribution in [2.45, 2.75) is 4.90 Å². The molecule has 21 heavy (non-hydrogen) atoms. The minimum Gasteiger partial charge on any atom is -0.373 e. The van der Waals surface area contributed by atoms with Gasteiger partial charge in [0.15, 0.2) is 0 Å². The number of ketones is 1. The molecule has 0 aromatic heterocycles. The van der Waals surface area contributed by atoms with Crippen LogP contribution in [0.15, 0.2) is 64.4 Å². The molecule has 0 saturated heterocycles. The van der Waals surface area contributed by atoms with Crippen LogP contribution in [0.2, 0.25) is 0 Å². The van der Waals surface area contributed by atoms with Crippen molar-refractivity contribution in [2.24, 2.45) is 0 Å². The second kappa shape index (κ2) is 5.90. The van der Waals surface area contributed by atoms with Gasteiger partial charge in [-0.15, -0.1) is 6.42 Å². The number of terminal acetylenes is 1. The molecule has 0 bridgehead atoms. The number of carbonyl (C=O) groups is 1. The number of rotatable bonds is 3. The summed E-state index contributed by atoms with van der Waals surface area (Å²) in [6.45, 7) is 0.387. The van der Waals surface area contributed by atoms with Gasteiger partial charge in [-0.1, -0.05) is 60.1 Å². The summed E-state index contributed by atoms with van der Waals surface area (Å²) in [6.07, 6.45) is 5.35. The van der Waals surface area contributed by atoms with Gasteiger partial charge >= 0.3 is 0 Å². The number of carbonyl (C=O) groups excluding carboxylic acids is 1. The standard InChI is InChI=1S/C18H13NOS/c1-2-12-19-16(13-8-4-3-5-9-13)18-17(20)14-10-6-7-11-15(14)21-18/h1,3-11,19H,12H2/b18-16+. The number of benzene rings is 2. The Morgan fingerprint density at radius 3 is 2.52 bits per heavy atom. The maximum absolute atomic E-state index is 12.6. The topological polar surface area (TPSA) is 29.1 Å². The first-order chi connectivity index (χ1) is 10.3. The van der Waals surface area contributed by atoms with E-state index in [1.807, 2.05) is 54.6 Å². The second-order valence-corrected chi connectivity index (χ2v) is 5.61. The third-order valence-electron chi connectivity index (χ3n) is 3.21. The quantitative estimate of drug-likeness (QED) is 0.692. The van der Waals surface area contributed by atoms with Crippen LogP contribution < -0.4 is 5.32 Å². The lowest BCUT2D eigenvalue weighted by Crippen LogP contribution is -2.15. The van der Waals surface area contributed by atoms with Crippen LogP contribution in [0.1, 0.15) is 15.9 Å². The number of hydrogen-bond donors (Lipinski definition) is 1. The zero-order valence-corrected chi connectivity index (χ0v) is 12.1. The van der Waals surface area contributed by atoms with Crippen molar-refractivity contribution in [3.8, 4) is 12.3 Å². The molecular weight excluding hydrogens is 278 g/mol. The molecule has 0 spiro atoms. The van der Waals surface area contributed by atoms with Crippen molar-refractivity contribution >= 4 is 23.2 Å². The Balaban J connectivity index is 2.09. The van der Waals surface area contributed by atoms with Gasteiger partial charge in [-0.05, 0) is 17.7 Å². The van der Waals surface area contributed by atoms with E-state index in [0.717, 1.165) is 21.7 Å². The highest BCUT2D eigenvalue weighted by molar-refractivity contribution is 8.05. The molecule has 1 N–H and O–H groups in total. The fourth-order valence-corrected chi connectivity index (χ4v) is 3.38. The average Bonchev–Trinajstić information content (AvgIpc) is 2.86. The van der Waals surface area contributed by atoms with Crippen LogP contribution in [0, 0.1) is 12.3 Å². The number of fused-ring (bicyclic) bond motifs is 1. The minimum atomic E-state index is 0.0546. The summed E-state index contributed by atoms with van der Waals surface area (Å²) in [5.41, 5.74) is 2.53. The zero-order chi connectivity index (χ0) is 14.7. The van der Waals surface area contributed by atoms with Crippen molar-refractivity contribution < 1.29 is 4.79 Å². The summed E-state index contributed by atoms with van der Waals surface area (Å²) in [4.78, 5) is 14.3. The predicted molar refractivity (Wildman–Crippen MR) is 86.8 cm³/mol. The first kappa shape index (κ1) is 13.5. The van der Waals surface area contributed by atoms with Crippen molar-refractivity contribution in [3.63, 3.8) is 0 Å². The van der Waals surface area contributed by atoms with Crippen LogP contribution in [0.25, 0.3) is 5.70 Å². The summed E-state index contributed by atoms with van der Waals surface area (Å²) in [6, 6.07) is 17.5. The Morgan fingerprint density at radius 2 is 1.81 bits per heavy atom. The molecule has 0 amide bonds. The third kappa shape index (κ3) is 2.58. The van der Waals surface area contributed by atoms with Gasteiger partial charge in [0, 0.05) is 10.5 Å². The highest BCUT2D eigenvalue weighted by Gasteiger charge is 2.28. The van der Waals surface area contributed by atoms with Gasteiger partial charge in [-0.2, -0.15) is 0 Å². The molecule has 3 heteroatoms. The molecule has 1 aliphatic rings. The Labute approximate surface area is 128 Å². The molecule has 2 aromatic rings. The van der Waals surface area contributed by atoms with E-state index in [2.05, 4.69) is 11.2 Å². The van der Waals surface area contributed by atoms with Crippen LogP contribution in [0.3, 0.4) is 0 Å². The van der Waals surface area contributed by atoms with Crippen molar-refractivity contribution in [3.05, 3.63) is 70.6 Å². The van der Waals surface area contributed by atoms with Crippen molar-refractivity contribution in [1.82, 2.24) is 5.32 Å². The molecule has 0 saturated carbocycles. The van der Waals surface area contributed by atoms with E-state index in [-0.39, 0.29) is 5.78 Å². The molecule has 0 fully saturated rings. The van der Waals surface area contributed by atoms with Crippen LogP contribution >= 0.6 is 11.8 Å². The summed E-state index contributed by atoms with van der Waals surface area (Å²) in [5, 5.41) is 3.19. The Hall–Kier alpha value is -2.44. The number of thioether (sulfide) groups is 1. The van der Waals surface area contributed by atoms with Gasteiger partial charge in [0.25, 0.3) is 0 Å². The lowest BCUT2D eigenvalue weighted by molar-refractivity contribution is 0.104. The highest BCUT2D eigenvalue weighted by atomic mass is 32.2. The number of Topliss-reactive ketones (excluding diaryl/α,β-unsaturated/α-hetero) is 1. The highest BCUT2D eigenvalue weighted by Crippen LogP contribution is 2.42. The fraction of sp³-hybridized carbons (Fsp3) is 0.0556. The first-order valence-electron chi connectivity index (χ1n) is 6.60. The molecule has 3 rings (SSSR count). The predicted octanol–water partition coefficient (Wildman–Crippen LogP) is 3.57. The maximum Gasteiger partial charge on any atom is 0.202 e. The Morgan fingerprint density at radius 1 is 1.10 bits per heavy atom. The van der Waals surface area contributed by atoms with Crippen molar-refractivity contribution in [2.75, 3.05) is 6.54 Å². The normalized spacial score (nSPS) is 15.3. The monoisotopic (exact) mass is 291 g/mol. The molecule has 0 aliphatic carbocycles. The SMILES string of the molecule is C#CCN/C(=C1/Sc2ccccc2C1=O)c1ccccc1. The molecule has 1 aliphatic heterocycles. The zero-order valence-electron chi connectivity index (χ0n) is 11.3. The molecule has 102 valence electrons. The van der Waals surface area contributed by atoms with Crippen LogP contribution in [0.5, 0.6) is 0 Å². The number of nitrogens with one attached hydrogen (secondary N) is 1. The summed E-state index contributed by atoms with van der Waals surface area (Å²) in [7, 11) is 0. The van der Waals surface area contributed by atoms with Gasteiger partial charge in [0.1, 0.15) is 0 Å². The first-order valence-corrected chi connectivity index (χ1v) is 7.41. The molecule has 0 atom stereocenters. The molecular formula is C18H13NOS. The number of hydrogen-bond acceptors (Lipinski definition) is 3. The van der Waals surface area contributed by atoms with Gasteiger partial charge in [0.05, 0.1) is 17.1 Å². The largest absolute Gasteiger partial charge is 0.373 e. The minimum absolute atomic E-state index is 0.0546. The lowest BCUT2D eigenvalue weighted by atomic mass is 10.1. The van der Waals surface area contributed by atoms with E-state index < -0.39 is 0 Å². The van der Waals surface area contributed by atoms with E-state index in [4.69, 9.17) is 6.42 Å². The van der Waals surface area contributed by atoms with Gasteiger partial charge in [-0.25, -0.2) is 0 Å². The third-order valence-corrected chi connectivity index (χ3v) is 4.38. The average molecular weight is 291 g/mol. The van der Waals surface area contributed by atoms with E-state index in [0.29, 0.717) is 11.4 Å². The summed E-state index contributed by atoms with van der Waals surface area (Å²) >= 11 is 1.50. The van der Waals surface area contributed by atoms with Crippen LogP contribution in [-0.4, -0.2) is 12.3 Å². The molecule has 2 nitrogen and oxygen atoms in total. The maximum atomic E-state index is 12.6. The molecule has 0 radical (unpaired) electrons. The van der Waals surface area contributed by atoms with Crippen LogP contribution in [0.4, 0.5) is 0 Å². The molecule has 2 aromatic carbocycles. The second-order valence-electron chi connectivity index (χ2n) is 4.56. The Kier molecular flexibility index (Phi) is 3.81. The summed E-state index contributed by atoms with van der Waals surface area (Å²) < 4.78 is 0. The van der Waals surface area contributed by atoms with Crippen molar-refractivity contribution in [1.29, 1.82) is 0 Å². The summed E-state index contributed by atoms with van der Waals surface area (Å²) in [5.74, 6) is 2.62. The van der Waals surface area contributed by atoms with E-state index in [1.54, 1.807) is 0 Å². The molecule has 1 heterocycles. The van der Waals surface area contributed by atoms with Gasteiger partial charge < -0.3 is 5.32 Å². The van der Waals surface area contributed by atoms with E-state index in [9.17, 15) is 4.79 Å². The Bertz CT molecular complexity index is 756. The van der Waals surface area contributed by atoms with E-state index >= 15 is 0 Å². The fourth-order valence-electron chi connectivity index (χ4n) is 2.24. The number of allylic oxidation sites excluding steroid dienone is 1. The molecule has 0 unspecified atom stereocenters. The van der Waals surface area contributed by atoms with Crippen LogP contribution in [-0.2, 0) is 0 Å².